The zero-order valence-electron chi connectivity index (χ0n) is 13.6. The van der Waals surface area contributed by atoms with Crippen molar-refractivity contribution in [2.24, 2.45) is 0 Å². The van der Waals surface area contributed by atoms with Gasteiger partial charge in [-0.3, -0.25) is 15.0 Å². The SMILES string of the molecule is COCc1noc(CN2CCN(c3ncc([N+](=O)[O-])cc3Br)CC2)n1. The summed E-state index contributed by atoms with van der Waals surface area (Å²) in [5.74, 6) is 1.82. The highest BCUT2D eigenvalue weighted by Crippen LogP contribution is 2.28. The molecule has 25 heavy (non-hydrogen) atoms. The number of nitrogens with zero attached hydrogens (tertiary/aromatic N) is 6. The van der Waals surface area contributed by atoms with Gasteiger partial charge in [-0.2, -0.15) is 4.98 Å². The van der Waals surface area contributed by atoms with E-state index < -0.39 is 4.92 Å². The molecule has 0 aromatic carbocycles. The Morgan fingerprint density at radius 1 is 1.40 bits per heavy atom. The van der Waals surface area contributed by atoms with Gasteiger partial charge in [0.2, 0.25) is 5.89 Å². The van der Waals surface area contributed by atoms with Gasteiger partial charge in [0.05, 0.1) is 15.9 Å². The minimum Gasteiger partial charge on any atom is -0.377 e. The van der Waals surface area contributed by atoms with Gasteiger partial charge in [0.1, 0.15) is 18.6 Å². The third-order valence-electron chi connectivity index (χ3n) is 3.83. The van der Waals surface area contributed by atoms with Gasteiger partial charge in [-0.1, -0.05) is 5.16 Å². The molecule has 0 radical (unpaired) electrons. The number of methoxy groups -OCH3 is 1. The topological polar surface area (TPSA) is 111 Å². The number of nitro groups is 1. The van der Waals surface area contributed by atoms with Crippen molar-refractivity contribution in [2.75, 3.05) is 38.2 Å². The van der Waals surface area contributed by atoms with E-state index in [9.17, 15) is 10.1 Å². The normalized spacial score (nSPS) is 15.5. The molecular weight excluding hydrogens is 396 g/mol. The highest BCUT2D eigenvalue weighted by molar-refractivity contribution is 9.10. The first-order chi connectivity index (χ1) is 12.1. The van der Waals surface area contributed by atoms with Crippen LogP contribution in [0.4, 0.5) is 11.5 Å². The van der Waals surface area contributed by atoms with Crippen molar-refractivity contribution in [3.05, 3.63) is 38.6 Å². The summed E-state index contributed by atoms with van der Waals surface area (Å²) in [4.78, 5) is 23.1. The standard InChI is InChI=1S/C14H17BrN6O4/c1-24-9-12-17-13(25-18-12)8-19-2-4-20(5-3-19)14-11(15)6-10(7-16-14)21(22)23/h6-7H,2-5,8-9H2,1H3. The Labute approximate surface area is 152 Å². The van der Waals surface area contributed by atoms with Crippen LogP contribution in [-0.4, -0.2) is 58.2 Å². The quantitative estimate of drug-likeness (QED) is 0.515. The summed E-state index contributed by atoms with van der Waals surface area (Å²) in [6.45, 7) is 4.02. The fourth-order valence-electron chi connectivity index (χ4n) is 2.60. The smallest absolute Gasteiger partial charge is 0.288 e. The lowest BCUT2D eigenvalue weighted by atomic mass is 10.3. The number of pyridine rings is 1. The molecule has 1 aliphatic heterocycles. The van der Waals surface area contributed by atoms with Gasteiger partial charge in [0, 0.05) is 39.4 Å². The van der Waals surface area contributed by atoms with Crippen LogP contribution < -0.4 is 4.90 Å². The van der Waals surface area contributed by atoms with Crippen molar-refractivity contribution in [3.63, 3.8) is 0 Å². The number of anilines is 1. The van der Waals surface area contributed by atoms with Gasteiger partial charge >= 0.3 is 0 Å². The fraction of sp³-hybridized carbons (Fsp3) is 0.500. The van der Waals surface area contributed by atoms with E-state index in [-0.39, 0.29) is 5.69 Å². The van der Waals surface area contributed by atoms with Crippen LogP contribution in [0.15, 0.2) is 21.3 Å². The molecule has 0 unspecified atom stereocenters. The van der Waals surface area contributed by atoms with Gasteiger partial charge in [0.15, 0.2) is 5.82 Å². The minimum atomic E-state index is -0.457. The molecule has 1 aliphatic rings. The molecular formula is C14H17BrN6O4. The van der Waals surface area contributed by atoms with E-state index >= 15 is 0 Å². The molecule has 0 spiro atoms. The Kier molecular flexibility index (Phi) is 5.56. The molecule has 1 saturated heterocycles. The largest absolute Gasteiger partial charge is 0.377 e. The maximum atomic E-state index is 10.8. The molecule has 3 heterocycles. The lowest BCUT2D eigenvalue weighted by molar-refractivity contribution is -0.385. The van der Waals surface area contributed by atoms with Crippen LogP contribution in [0.25, 0.3) is 0 Å². The molecule has 0 bridgehead atoms. The second-order valence-electron chi connectivity index (χ2n) is 5.56. The summed E-state index contributed by atoms with van der Waals surface area (Å²) in [5, 5.41) is 14.6. The maximum Gasteiger partial charge on any atom is 0.288 e. The van der Waals surface area contributed by atoms with Crippen molar-refractivity contribution in [1.82, 2.24) is 20.0 Å². The third kappa shape index (κ3) is 4.30. The van der Waals surface area contributed by atoms with Crippen LogP contribution in [0.2, 0.25) is 0 Å². The van der Waals surface area contributed by atoms with Crippen molar-refractivity contribution in [2.45, 2.75) is 13.2 Å². The monoisotopic (exact) mass is 412 g/mol. The van der Waals surface area contributed by atoms with Gasteiger partial charge in [-0.15, -0.1) is 0 Å². The average molecular weight is 413 g/mol. The van der Waals surface area contributed by atoms with Crippen molar-refractivity contribution >= 4 is 27.4 Å². The summed E-state index contributed by atoms with van der Waals surface area (Å²) in [6, 6.07) is 1.48. The van der Waals surface area contributed by atoms with E-state index in [2.05, 4.69) is 40.9 Å². The molecule has 134 valence electrons. The molecule has 2 aromatic rings. The predicted molar refractivity (Wildman–Crippen MR) is 91.1 cm³/mol. The Hall–Kier alpha value is -2.11. The number of hydrogen-bond acceptors (Lipinski definition) is 9. The first kappa shape index (κ1) is 17.7. The minimum absolute atomic E-state index is 0.0301. The van der Waals surface area contributed by atoms with E-state index in [1.165, 1.54) is 12.3 Å². The Morgan fingerprint density at radius 2 is 2.16 bits per heavy atom. The second kappa shape index (κ2) is 7.85. The molecule has 11 heteroatoms. The summed E-state index contributed by atoms with van der Waals surface area (Å²) < 4.78 is 10.8. The maximum absolute atomic E-state index is 10.8. The highest BCUT2D eigenvalue weighted by atomic mass is 79.9. The first-order valence-electron chi connectivity index (χ1n) is 7.64. The fourth-order valence-corrected chi connectivity index (χ4v) is 3.19. The van der Waals surface area contributed by atoms with Crippen LogP contribution in [0.1, 0.15) is 11.7 Å². The van der Waals surface area contributed by atoms with Crippen LogP contribution >= 0.6 is 15.9 Å². The molecule has 10 nitrogen and oxygen atoms in total. The van der Waals surface area contributed by atoms with Crippen molar-refractivity contribution in [3.8, 4) is 0 Å². The van der Waals surface area contributed by atoms with E-state index in [0.717, 1.165) is 26.2 Å². The summed E-state index contributed by atoms with van der Waals surface area (Å²) >= 11 is 3.37. The average Bonchev–Trinajstić information content (AvgIpc) is 3.03. The van der Waals surface area contributed by atoms with Crippen LogP contribution in [0.3, 0.4) is 0 Å². The van der Waals surface area contributed by atoms with E-state index in [1.54, 1.807) is 7.11 Å². The predicted octanol–water partition coefficient (Wildman–Crippen LogP) is 1.60. The van der Waals surface area contributed by atoms with Crippen LogP contribution in [-0.2, 0) is 17.9 Å². The van der Waals surface area contributed by atoms with Crippen molar-refractivity contribution < 1.29 is 14.2 Å². The van der Waals surface area contributed by atoms with Gasteiger partial charge in [-0.05, 0) is 15.9 Å². The Bertz CT molecular complexity index is 747. The summed E-state index contributed by atoms with van der Waals surface area (Å²) in [6.07, 6.45) is 1.28. The molecule has 0 N–H and O–H groups in total. The number of halogens is 1. The lowest BCUT2D eigenvalue weighted by Gasteiger charge is -2.34. The molecule has 1 fully saturated rings. The molecule has 0 saturated carbocycles. The number of aromatic nitrogens is 3. The van der Waals surface area contributed by atoms with Gasteiger partial charge in [-0.25, -0.2) is 4.98 Å². The summed E-state index contributed by atoms with van der Waals surface area (Å²) in [7, 11) is 1.58. The second-order valence-corrected chi connectivity index (χ2v) is 6.41. The van der Waals surface area contributed by atoms with E-state index in [4.69, 9.17) is 9.26 Å². The third-order valence-corrected chi connectivity index (χ3v) is 4.42. The zero-order valence-corrected chi connectivity index (χ0v) is 15.2. The number of rotatable bonds is 6. The molecule has 2 aromatic heterocycles. The van der Waals surface area contributed by atoms with E-state index in [0.29, 0.717) is 35.2 Å². The highest BCUT2D eigenvalue weighted by Gasteiger charge is 2.22. The lowest BCUT2D eigenvalue weighted by Crippen LogP contribution is -2.46. The molecule has 0 aliphatic carbocycles. The van der Waals surface area contributed by atoms with Crippen LogP contribution in [0, 0.1) is 10.1 Å². The number of ether oxygens (including phenoxy) is 1. The van der Waals surface area contributed by atoms with Gasteiger partial charge < -0.3 is 14.2 Å². The number of hydrogen-bond donors (Lipinski definition) is 0. The van der Waals surface area contributed by atoms with E-state index in [1.807, 2.05) is 0 Å². The van der Waals surface area contributed by atoms with Crippen LogP contribution in [0.5, 0.6) is 0 Å². The van der Waals surface area contributed by atoms with Crippen molar-refractivity contribution in [1.29, 1.82) is 0 Å². The Morgan fingerprint density at radius 3 is 2.80 bits per heavy atom. The first-order valence-corrected chi connectivity index (χ1v) is 8.43. The molecule has 3 rings (SSSR count). The molecule has 0 atom stereocenters. The Balaban J connectivity index is 1.57. The molecule has 0 amide bonds. The number of piperazine rings is 1. The summed E-state index contributed by atoms with van der Waals surface area (Å²) in [5.41, 5.74) is -0.0301. The van der Waals surface area contributed by atoms with Gasteiger partial charge in [0.25, 0.3) is 5.69 Å². The zero-order chi connectivity index (χ0) is 17.8.